The molecule has 0 aliphatic rings. The largest absolute Gasteiger partial charge is 2.00 e. The van der Waals surface area contributed by atoms with Crippen molar-refractivity contribution < 1.29 is 19.8 Å². The van der Waals surface area contributed by atoms with Crippen molar-refractivity contribution in [1.29, 1.82) is 0 Å². The Morgan fingerprint density at radius 3 is 1.30 bits per heavy atom. The number of aromatic carboxylic acids is 2. The third-order valence-electron chi connectivity index (χ3n) is 5.46. The number of carboxylic acids is 2. The van der Waals surface area contributed by atoms with Crippen LogP contribution in [0.3, 0.4) is 0 Å². The zero-order valence-electron chi connectivity index (χ0n) is 20.2. The van der Waals surface area contributed by atoms with Gasteiger partial charge in [-0.05, 0) is 60.1 Å². The molecule has 0 amide bonds. The number of benzene rings is 2. The van der Waals surface area contributed by atoms with E-state index in [1.165, 1.54) is 51.4 Å². The summed E-state index contributed by atoms with van der Waals surface area (Å²) in [7, 11) is 0. The van der Waals surface area contributed by atoms with E-state index in [-0.39, 0.29) is 38.4 Å². The molecule has 0 unspecified atom stereocenters. The van der Waals surface area contributed by atoms with Gasteiger partial charge in [0.1, 0.15) is 0 Å². The van der Waals surface area contributed by atoms with E-state index in [1.54, 1.807) is 36.4 Å². The van der Waals surface area contributed by atoms with Crippen molar-refractivity contribution in [1.82, 2.24) is 0 Å². The fourth-order valence-corrected chi connectivity index (χ4v) is 3.57. The predicted molar refractivity (Wildman–Crippen MR) is 132 cm³/mol. The summed E-state index contributed by atoms with van der Waals surface area (Å²) in [6.45, 7) is 4.40. The van der Waals surface area contributed by atoms with Crippen LogP contribution in [0, 0.1) is 0 Å². The molecular formula is C28H38O4Pb. The van der Waals surface area contributed by atoms with Gasteiger partial charge in [-0.2, -0.15) is 0 Å². The van der Waals surface area contributed by atoms with E-state index in [4.69, 9.17) is 0 Å². The van der Waals surface area contributed by atoms with Gasteiger partial charge >= 0.3 is 27.3 Å². The fraction of sp³-hybridized carbons (Fsp3) is 0.500. The maximum absolute atomic E-state index is 10.7. The van der Waals surface area contributed by atoms with Crippen molar-refractivity contribution in [3.63, 3.8) is 0 Å². The standard InChI is InChI=1S/2C14H20O2.Pb/c2*1-2-3-4-5-6-8-12-9-7-10-13(11-12)14(15)16;/h2*7,9-11H,2-6,8H2,1H3,(H,15,16);/q;;+2/p-2. The summed E-state index contributed by atoms with van der Waals surface area (Å²) >= 11 is 0. The van der Waals surface area contributed by atoms with E-state index in [1.807, 2.05) is 12.1 Å². The summed E-state index contributed by atoms with van der Waals surface area (Å²) in [5.74, 6) is -2.18. The third kappa shape index (κ3) is 14.9. The Balaban J connectivity index is 0.000000602. The zero-order chi connectivity index (χ0) is 23.6. The molecule has 0 spiro atoms. The number of hydrogen-bond donors (Lipinski definition) is 0. The normalized spacial score (nSPS) is 10.0. The minimum Gasteiger partial charge on any atom is -0.545 e. The van der Waals surface area contributed by atoms with Crippen LogP contribution in [0.15, 0.2) is 48.5 Å². The smallest absolute Gasteiger partial charge is 0.545 e. The average Bonchev–Trinajstić information content (AvgIpc) is 2.79. The zero-order valence-corrected chi connectivity index (χ0v) is 24.1. The van der Waals surface area contributed by atoms with Crippen molar-refractivity contribution in [3.05, 3.63) is 70.8 Å². The second kappa shape index (κ2) is 19.7. The molecule has 2 rings (SSSR count). The van der Waals surface area contributed by atoms with Crippen LogP contribution in [0.25, 0.3) is 0 Å². The van der Waals surface area contributed by atoms with E-state index in [9.17, 15) is 19.8 Å². The number of carbonyl (C=O) groups is 2. The maximum atomic E-state index is 10.7. The topological polar surface area (TPSA) is 80.3 Å². The number of unbranched alkanes of at least 4 members (excludes halogenated alkanes) is 8. The van der Waals surface area contributed by atoms with Crippen molar-refractivity contribution in [2.45, 2.75) is 90.9 Å². The number of hydrogen-bond acceptors (Lipinski definition) is 4. The van der Waals surface area contributed by atoms with Gasteiger partial charge in [-0.25, -0.2) is 0 Å². The molecule has 2 aromatic carbocycles. The quantitative estimate of drug-likeness (QED) is 0.220. The second-order valence-corrected chi connectivity index (χ2v) is 8.30. The summed E-state index contributed by atoms with van der Waals surface area (Å²) in [6.07, 6.45) is 14.3. The van der Waals surface area contributed by atoms with Gasteiger partial charge in [-0.15, -0.1) is 0 Å². The molecule has 2 radical (unpaired) electrons. The van der Waals surface area contributed by atoms with Gasteiger partial charge in [-0.1, -0.05) is 102 Å². The summed E-state index contributed by atoms with van der Waals surface area (Å²) in [5.41, 5.74) is 2.76. The minimum atomic E-state index is -1.09. The molecule has 33 heavy (non-hydrogen) atoms. The van der Waals surface area contributed by atoms with Crippen LogP contribution in [0.5, 0.6) is 0 Å². The summed E-state index contributed by atoms with van der Waals surface area (Å²) in [4.78, 5) is 21.3. The van der Waals surface area contributed by atoms with Gasteiger partial charge < -0.3 is 19.8 Å². The number of aryl methyl sites for hydroxylation is 2. The Hall–Kier alpha value is -1.70. The summed E-state index contributed by atoms with van der Waals surface area (Å²) in [6, 6.07) is 14.1. The van der Waals surface area contributed by atoms with Crippen molar-refractivity contribution in [2.24, 2.45) is 0 Å². The van der Waals surface area contributed by atoms with Crippen LogP contribution in [-0.2, 0) is 12.8 Å². The molecule has 0 atom stereocenters. The van der Waals surface area contributed by atoms with Gasteiger partial charge in [-0.3, -0.25) is 0 Å². The fourth-order valence-electron chi connectivity index (χ4n) is 3.57. The molecule has 5 heteroatoms. The molecule has 0 aliphatic carbocycles. The van der Waals surface area contributed by atoms with Crippen LogP contribution >= 0.6 is 0 Å². The van der Waals surface area contributed by atoms with Crippen LogP contribution in [-0.4, -0.2) is 39.2 Å². The van der Waals surface area contributed by atoms with E-state index in [0.29, 0.717) is 0 Å². The molecule has 0 saturated carbocycles. The molecule has 0 fully saturated rings. The SMILES string of the molecule is CCCCCCCc1cccc(C(=O)[O-])c1.CCCCCCCc1cccc(C(=O)[O-])c1.[Pb+2]. The minimum absolute atomic E-state index is 0. The van der Waals surface area contributed by atoms with E-state index < -0.39 is 11.9 Å². The number of carbonyl (C=O) groups excluding carboxylic acids is 2. The van der Waals surface area contributed by atoms with Crippen molar-refractivity contribution >= 4 is 39.2 Å². The molecule has 178 valence electrons. The Labute approximate surface area is 220 Å². The predicted octanol–water partition coefficient (Wildman–Crippen LogP) is 4.75. The van der Waals surface area contributed by atoms with Gasteiger partial charge in [0.15, 0.2) is 0 Å². The van der Waals surface area contributed by atoms with Crippen molar-refractivity contribution in [2.75, 3.05) is 0 Å². The van der Waals surface area contributed by atoms with Gasteiger partial charge in [0, 0.05) is 0 Å². The molecule has 0 aromatic heterocycles. The Kier molecular flexibility index (Phi) is 18.7. The Morgan fingerprint density at radius 2 is 0.970 bits per heavy atom. The molecule has 0 heterocycles. The molecule has 0 bridgehead atoms. The molecule has 4 nitrogen and oxygen atoms in total. The molecule has 0 saturated heterocycles. The maximum Gasteiger partial charge on any atom is 2.00 e. The first-order valence-electron chi connectivity index (χ1n) is 12.1. The van der Waals surface area contributed by atoms with Crippen LogP contribution in [0.2, 0.25) is 0 Å². The van der Waals surface area contributed by atoms with Crippen LogP contribution < -0.4 is 10.2 Å². The van der Waals surface area contributed by atoms with Crippen molar-refractivity contribution in [3.8, 4) is 0 Å². The van der Waals surface area contributed by atoms with E-state index in [0.717, 1.165) is 36.8 Å². The number of carboxylic acid groups (broad SMARTS) is 2. The summed E-state index contributed by atoms with van der Waals surface area (Å²) in [5, 5.41) is 21.3. The Bertz CT molecular complexity index is 736. The van der Waals surface area contributed by atoms with Crippen LogP contribution in [0.1, 0.15) is 110 Å². The average molecular weight is 646 g/mol. The first kappa shape index (κ1) is 31.3. The summed E-state index contributed by atoms with van der Waals surface area (Å²) < 4.78 is 0. The molecule has 2 aromatic rings. The van der Waals surface area contributed by atoms with Gasteiger partial charge in [0.05, 0.1) is 11.9 Å². The molecular weight excluding hydrogens is 608 g/mol. The number of rotatable bonds is 14. The molecule has 0 aliphatic heterocycles. The third-order valence-corrected chi connectivity index (χ3v) is 5.46. The van der Waals surface area contributed by atoms with Crippen LogP contribution in [0.4, 0.5) is 0 Å². The van der Waals surface area contributed by atoms with E-state index in [2.05, 4.69) is 13.8 Å². The monoisotopic (exact) mass is 646 g/mol. The first-order valence-corrected chi connectivity index (χ1v) is 12.1. The van der Waals surface area contributed by atoms with Gasteiger partial charge in [0.25, 0.3) is 0 Å². The Morgan fingerprint density at radius 1 is 0.606 bits per heavy atom. The van der Waals surface area contributed by atoms with Gasteiger partial charge in [0.2, 0.25) is 0 Å². The second-order valence-electron chi connectivity index (χ2n) is 8.30. The molecule has 0 N–H and O–H groups in total. The van der Waals surface area contributed by atoms with E-state index >= 15 is 0 Å². The first-order chi connectivity index (χ1) is 15.5.